The average Bonchev–Trinajstić information content (AvgIpc) is 2.67. The van der Waals surface area contributed by atoms with Gasteiger partial charge in [-0.3, -0.25) is 9.36 Å². The van der Waals surface area contributed by atoms with E-state index < -0.39 is 5.56 Å². The third-order valence-electron chi connectivity index (χ3n) is 4.06. The number of halogens is 1. The summed E-state index contributed by atoms with van der Waals surface area (Å²) in [5.74, 6) is -0.372. The van der Waals surface area contributed by atoms with Gasteiger partial charge in [0, 0.05) is 10.0 Å². The van der Waals surface area contributed by atoms with Gasteiger partial charge >= 0.3 is 0 Å². The second-order valence-electron chi connectivity index (χ2n) is 5.81. The summed E-state index contributed by atoms with van der Waals surface area (Å²) in [7, 11) is 0. The van der Waals surface area contributed by atoms with E-state index in [0.717, 1.165) is 14.6 Å². The molecule has 0 fully saturated rings. The fraction of sp³-hybridized carbons (Fsp3) is 0.100. The minimum Gasteiger partial charge on any atom is -0.493 e. The number of nitriles is 1. The van der Waals surface area contributed by atoms with Gasteiger partial charge in [-0.15, -0.1) is 10.2 Å². The van der Waals surface area contributed by atoms with Crippen molar-refractivity contribution in [3.8, 4) is 11.9 Å². The quantitative estimate of drug-likeness (QED) is 0.602. The zero-order valence-electron chi connectivity index (χ0n) is 14.4. The van der Waals surface area contributed by atoms with E-state index in [1.54, 1.807) is 19.1 Å². The van der Waals surface area contributed by atoms with Gasteiger partial charge in [0.15, 0.2) is 5.69 Å². The van der Waals surface area contributed by atoms with Crippen molar-refractivity contribution in [3.05, 3.63) is 86.1 Å². The lowest BCUT2D eigenvalue weighted by Crippen LogP contribution is -2.22. The molecule has 1 aromatic heterocycles. The highest BCUT2D eigenvalue weighted by molar-refractivity contribution is 9.10. The van der Waals surface area contributed by atoms with Gasteiger partial charge in [0.05, 0.1) is 12.2 Å². The average molecular weight is 423 g/mol. The Morgan fingerprint density at radius 2 is 1.78 bits per heavy atom. The van der Waals surface area contributed by atoms with Crippen LogP contribution in [0, 0.1) is 18.3 Å². The maximum atomic E-state index is 12.9. The van der Waals surface area contributed by atoms with E-state index in [2.05, 4.69) is 26.2 Å². The molecule has 6 nitrogen and oxygen atoms in total. The fourth-order valence-corrected chi connectivity index (χ4v) is 2.97. The topological polar surface area (TPSA) is 90.7 Å². The summed E-state index contributed by atoms with van der Waals surface area (Å²) in [6.07, 6.45) is 0. The van der Waals surface area contributed by atoms with Gasteiger partial charge in [0.1, 0.15) is 11.6 Å². The van der Waals surface area contributed by atoms with E-state index in [9.17, 15) is 15.2 Å². The molecule has 3 aromatic rings. The van der Waals surface area contributed by atoms with Crippen LogP contribution in [0.25, 0.3) is 0 Å². The largest absolute Gasteiger partial charge is 0.493 e. The Bertz CT molecular complexity index is 1120. The summed E-state index contributed by atoms with van der Waals surface area (Å²) in [5, 5.41) is 28.1. The molecule has 27 heavy (non-hydrogen) atoms. The first kappa shape index (κ1) is 18.5. The smallest absolute Gasteiger partial charge is 0.281 e. The van der Waals surface area contributed by atoms with Crippen LogP contribution in [-0.2, 0) is 6.54 Å². The van der Waals surface area contributed by atoms with Crippen molar-refractivity contribution in [2.24, 2.45) is 10.2 Å². The van der Waals surface area contributed by atoms with E-state index in [0.29, 0.717) is 11.3 Å². The molecule has 0 aliphatic carbocycles. The van der Waals surface area contributed by atoms with Gasteiger partial charge in [-0.1, -0.05) is 42.5 Å². The minimum absolute atomic E-state index is 0.00612. The number of hydrogen-bond acceptors (Lipinski definition) is 5. The molecule has 0 bridgehead atoms. The molecule has 2 aromatic carbocycles. The van der Waals surface area contributed by atoms with Crippen molar-refractivity contribution >= 4 is 27.3 Å². The number of aromatic nitrogens is 1. The first-order chi connectivity index (χ1) is 13.0. The number of benzene rings is 2. The SMILES string of the molecule is Cc1c(C#N)c(O)n(Cc2ccccc2)c(=O)c1N=Nc1ccccc1Br. The molecule has 3 rings (SSSR count). The lowest BCUT2D eigenvalue weighted by Gasteiger charge is -2.13. The van der Waals surface area contributed by atoms with Crippen LogP contribution in [-0.4, -0.2) is 9.67 Å². The Labute approximate surface area is 164 Å². The Balaban J connectivity index is 2.14. The molecular weight excluding hydrogens is 408 g/mol. The van der Waals surface area contributed by atoms with Crippen molar-refractivity contribution in [3.63, 3.8) is 0 Å². The molecule has 7 heteroatoms. The summed E-state index contributed by atoms with van der Waals surface area (Å²) in [4.78, 5) is 12.9. The molecule has 0 aliphatic heterocycles. The van der Waals surface area contributed by atoms with Crippen molar-refractivity contribution in [1.82, 2.24) is 4.57 Å². The minimum atomic E-state index is -0.511. The van der Waals surface area contributed by atoms with Crippen LogP contribution in [0.3, 0.4) is 0 Å². The third-order valence-corrected chi connectivity index (χ3v) is 4.73. The monoisotopic (exact) mass is 422 g/mol. The van der Waals surface area contributed by atoms with E-state index in [1.165, 1.54) is 0 Å². The summed E-state index contributed by atoms with van der Waals surface area (Å²) in [5.41, 5.74) is 1.18. The molecule has 1 N–H and O–H groups in total. The van der Waals surface area contributed by atoms with Gasteiger partial charge in [-0.2, -0.15) is 5.26 Å². The predicted molar refractivity (Wildman–Crippen MR) is 106 cm³/mol. The number of nitrogens with zero attached hydrogens (tertiary/aromatic N) is 4. The molecule has 0 saturated carbocycles. The van der Waals surface area contributed by atoms with Crippen molar-refractivity contribution < 1.29 is 5.11 Å². The Hall–Kier alpha value is -3.24. The van der Waals surface area contributed by atoms with Crippen LogP contribution in [0.1, 0.15) is 16.7 Å². The number of azo groups is 1. The van der Waals surface area contributed by atoms with E-state index in [4.69, 9.17) is 0 Å². The number of hydrogen-bond donors (Lipinski definition) is 1. The van der Waals surface area contributed by atoms with Crippen LogP contribution in [0.5, 0.6) is 5.88 Å². The number of aromatic hydroxyl groups is 1. The molecular formula is C20H15BrN4O2. The molecule has 0 atom stereocenters. The first-order valence-corrected chi connectivity index (χ1v) is 8.89. The maximum Gasteiger partial charge on any atom is 0.281 e. The molecule has 134 valence electrons. The summed E-state index contributed by atoms with van der Waals surface area (Å²) in [6, 6.07) is 18.4. The van der Waals surface area contributed by atoms with E-state index >= 15 is 0 Å². The van der Waals surface area contributed by atoms with Crippen LogP contribution < -0.4 is 5.56 Å². The van der Waals surface area contributed by atoms with Gasteiger partial charge in [0.25, 0.3) is 5.56 Å². The summed E-state index contributed by atoms with van der Waals surface area (Å²) >= 11 is 3.38. The Morgan fingerprint density at radius 3 is 2.44 bits per heavy atom. The molecule has 0 saturated heterocycles. The standard InChI is InChI=1S/C20H15BrN4O2/c1-13-15(11-22)19(26)25(12-14-7-3-2-4-8-14)20(27)18(13)24-23-17-10-6-5-9-16(17)21/h2-10,26H,12H2,1H3. The van der Waals surface area contributed by atoms with Crippen molar-refractivity contribution in [1.29, 1.82) is 5.26 Å². The lowest BCUT2D eigenvalue weighted by atomic mass is 10.1. The zero-order valence-corrected chi connectivity index (χ0v) is 16.0. The second-order valence-corrected chi connectivity index (χ2v) is 6.67. The number of pyridine rings is 1. The highest BCUT2D eigenvalue weighted by atomic mass is 79.9. The van der Waals surface area contributed by atoms with Gasteiger partial charge < -0.3 is 5.11 Å². The fourth-order valence-electron chi connectivity index (χ4n) is 2.61. The number of rotatable bonds is 4. The van der Waals surface area contributed by atoms with Crippen molar-refractivity contribution in [2.75, 3.05) is 0 Å². The lowest BCUT2D eigenvalue weighted by molar-refractivity contribution is 0.412. The predicted octanol–water partition coefficient (Wildman–Crippen LogP) is 4.96. The Kier molecular flexibility index (Phi) is 5.48. The third kappa shape index (κ3) is 3.81. The van der Waals surface area contributed by atoms with E-state index in [1.807, 2.05) is 48.5 Å². The normalized spacial score (nSPS) is 10.9. The van der Waals surface area contributed by atoms with E-state index in [-0.39, 0.29) is 23.7 Å². The van der Waals surface area contributed by atoms with Gasteiger partial charge in [-0.25, -0.2) is 0 Å². The van der Waals surface area contributed by atoms with Crippen LogP contribution in [0.15, 0.2) is 74.1 Å². The second kappa shape index (κ2) is 7.98. The highest BCUT2D eigenvalue weighted by Gasteiger charge is 2.19. The Morgan fingerprint density at radius 1 is 1.11 bits per heavy atom. The highest BCUT2D eigenvalue weighted by Crippen LogP contribution is 2.29. The van der Waals surface area contributed by atoms with Gasteiger partial charge in [-0.05, 0) is 40.5 Å². The molecule has 0 amide bonds. The molecule has 1 heterocycles. The molecule has 0 radical (unpaired) electrons. The first-order valence-electron chi connectivity index (χ1n) is 8.09. The maximum absolute atomic E-state index is 12.9. The summed E-state index contributed by atoms with van der Waals surface area (Å²) in [6.45, 7) is 1.69. The summed E-state index contributed by atoms with van der Waals surface area (Å²) < 4.78 is 1.87. The molecule has 0 unspecified atom stereocenters. The van der Waals surface area contributed by atoms with Crippen LogP contribution in [0.2, 0.25) is 0 Å². The van der Waals surface area contributed by atoms with Crippen LogP contribution in [0.4, 0.5) is 11.4 Å². The molecule has 0 spiro atoms. The zero-order chi connectivity index (χ0) is 19.4. The van der Waals surface area contributed by atoms with Gasteiger partial charge in [0.2, 0.25) is 5.88 Å². The van der Waals surface area contributed by atoms with Crippen molar-refractivity contribution in [2.45, 2.75) is 13.5 Å². The van der Waals surface area contributed by atoms with Crippen LogP contribution >= 0.6 is 15.9 Å². The molecule has 0 aliphatic rings.